The van der Waals surface area contributed by atoms with Crippen LogP contribution in [-0.4, -0.2) is 24.2 Å². The van der Waals surface area contributed by atoms with E-state index < -0.39 is 0 Å². The number of amides is 1. The van der Waals surface area contributed by atoms with Crippen LogP contribution < -0.4 is 5.32 Å². The molecule has 0 radical (unpaired) electrons. The fraction of sp³-hybridized carbons (Fsp3) is 0.462. The first-order valence-electron chi connectivity index (χ1n) is 5.59. The van der Waals surface area contributed by atoms with E-state index in [1.807, 2.05) is 32.0 Å². The standard InChI is InChI=1S/C13H19NO2/c1-10-4-3-5-12(8-10)13(16)14-9-11(2)6-7-15/h3-5,8,11,15H,6-7,9H2,1-2H3,(H,14,16). The number of aliphatic hydroxyl groups is 1. The number of rotatable bonds is 5. The second kappa shape index (κ2) is 6.28. The van der Waals surface area contributed by atoms with Gasteiger partial charge in [0.1, 0.15) is 0 Å². The maximum absolute atomic E-state index is 11.7. The van der Waals surface area contributed by atoms with Gasteiger partial charge in [-0.05, 0) is 31.4 Å². The van der Waals surface area contributed by atoms with Gasteiger partial charge in [0.05, 0.1) is 0 Å². The lowest BCUT2D eigenvalue weighted by atomic mass is 10.1. The predicted molar refractivity (Wildman–Crippen MR) is 64.4 cm³/mol. The van der Waals surface area contributed by atoms with Crippen molar-refractivity contribution < 1.29 is 9.90 Å². The van der Waals surface area contributed by atoms with Crippen molar-refractivity contribution in [3.05, 3.63) is 35.4 Å². The van der Waals surface area contributed by atoms with Gasteiger partial charge < -0.3 is 10.4 Å². The summed E-state index contributed by atoms with van der Waals surface area (Å²) in [6, 6.07) is 7.51. The number of carbonyl (C=O) groups excluding carboxylic acids is 1. The van der Waals surface area contributed by atoms with Crippen LogP contribution in [0, 0.1) is 12.8 Å². The van der Waals surface area contributed by atoms with Crippen LogP contribution in [0.4, 0.5) is 0 Å². The number of aliphatic hydroxyl groups excluding tert-OH is 1. The van der Waals surface area contributed by atoms with Crippen molar-refractivity contribution in [3.8, 4) is 0 Å². The molecule has 1 aromatic rings. The lowest BCUT2D eigenvalue weighted by Gasteiger charge is -2.11. The molecule has 3 heteroatoms. The number of carbonyl (C=O) groups is 1. The van der Waals surface area contributed by atoms with Crippen molar-refractivity contribution >= 4 is 5.91 Å². The van der Waals surface area contributed by atoms with E-state index in [9.17, 15) is 4.79 Å². The maximum atomic E-state index is 11.7. The molecule has 1 aromatic carbocycles. The third kappa shape index (κ3) is 4.03. The molecule has 1 unspecified atom stereocenters. The summed E-state index contributed by atoms with van der Waals surface area (Å²) in [6.07, 6.45) is 0.716. The summed E-state index contributed by atoms with van der Waals surface area (Å²) in [6.45, 7) is 4.74. The summed E-state index contributed by atoms with van der Waals surface area (Å²) in [7, 11) is 0. The Kier molecular flexibility index (Phi) is 4.99. The molecule has 1 atom stereocenters. The van der Waals surface area contributed by atoms with Crippen LogP contribution in [0.15, 0.2) is 24.3 Å². The van der Waals surface area contributed by atoms with Gasteiger partial charge in [-0.15, -0.1) is 0 Å². The van der Waals surface area contributed by atoms with E-state index in [-0.39, 0.29) is 12.5 Å². The number of nitrogens with one attached hydrogen (secondary N) is 1. The summed E-state index contributed by atoms with van der Waals surface area (Å²) in [5.41, 5.74) is 1.77. The lowest BCUT2D eigenvalue weighted by molar-refractivity contribution is 0.0945. The molecule has 0 heterocycles. The number of benzene rings is 1. The Morgan fingerprint density at radius 1 is 1.50 bits per heavy atom. The first-order valence-corrected chi connectivity index (χ1v) is 5.59. The van der Waals surface area contributed by atoms with Crippen LogP contribution in [0.25, 0.3) is 0 Å². The third-order valence-electron chi connectivity index (χ3n) is 2.51. The molecule has 0 bridgehead atoms. The average molecular weight is 221 g/mol. The van der Waals surface area contributed by atoms with Gasteiger partial charge in [-0.3, -0.25) is 4.79 Å². The number of hydrogen-bond acceptors (Lipinski definition) is 2. The zero-order valence-electron chi connectivity index (χ0n) is 9.86. The van der Waals surface area contributed by atoms with Crippen LogP contribution in [0.2, 0.25) is 0 Å². The van der Waals surface area contributed by atoms with E-state index >= 15 is 0 Å². The first kappa shape index (κ1) is 12.7. The highest BCUT2D eigenvalue weighted by atomic mass is 16.3. The molecular formula is C13H19NO2. The molecule has 0 aliphatic carbocycles. The smallest absolute Gasteiger partial charge is 0.251 e. The zero-order valence-corrected chi connectivity index (χ0v) is 9.86. The molecule has 2 N–H and O–H groups in total. The maximum Gasteiger partial charge on any atom is 0.251 e. The highest BCUT2D eigenvalue weighted by molar-refractivity contribution is 5.94. The topological polar surface area (TPSA) is 49.3 Å². The van der Waals surface area contributed by atoms with Gasteiger partial charge in [0.25, 0.3) is 5.91 Å². The van der Waals surface area contributed by atoms with Crippen molar-refractivity contribution in [3.63, 3.8) is 0 Å². The van der Waals surface area contributed by atoms with E-state index in [0.29, 0.717) is 24.4 Å². The van der Waals surface area contributed by atoms with E-state index in [1.165, 1.54) is 0 Å². The Hall–Kier alpha value is -1.35. The Labute approximate surface area is 96.5 Å². The van der Waals surface area contributed by atoms with Gasteiger partial charge in [-0.25, -0.2) is 0 Å². The van der Waals surface area contributed by atoms with Crippen molar-refractivity contribution in [1.82, 2.24) is 5.32 Å². The molecule has 0 saturated carbocycles. The van der Waals surface area contributed by atoms with E-state index in [0.717, 1.165) is 5.56 Å². The fourth-order valence-electron chi connectivity index (χ4n) is 1.48. The Morgan fingerprint density at radius 3 is 2.88 bits per heavy atom. The molecule has 1 amide bonds. The van der Waals surface area contributed by atoms with Gasteiger partial charge in [-0.2, -0.15) is 0 Å². The van der Waals surface area contributed by atoms with Gasteiger partial charge in [-0.1, -0.05) is 24.6 Å². The summed E-state index contributed by atoms with van der Waals surface area (Å²) < 4.78 is 0. The monoisotopic (exact) mass is 221 g/mol. The van der Waals surface area contributed by atoms with Gasteiger partial charge in [0.2, 0.25) is 0 Å². The molecule has 88 valence electrons. The van der Waals surface area contributed by atoms with Crippen LogP contribution in [0.5, 0.6) is 0 Å². The Bertz CT molecular complexity index is 350. The first-order chi connectivity index (χ1) is 7.63. The van der Waals surface area contributed by atoms with Crippen molar-refractivity contribution in [1.29, 1.82) is 0 Å². The van der Waals surface area contributed by atoms with Gasteiger partial charge >= 0.3 is 0 Å². The normalized spacial score (nSPS) is 12.2. The van der Waals surface area contributed by atoms with Gasteiger partial charge in [0.15, 0.2) is 0 Å². The van der Waals surface area contributed by atoms with Crippen LogP contribution >= 0.6 is 0 Å². The van der Waals surface area contributed by atoms with Crippen LogP contribution in [0.1, 0.15) is 29.3 Å². The minimum Gasteiger partial charge on any atom is -0.396 e. The Morgan fingerprint density at radius 2 is 2.25 bits per heavy atom. The summed E-state index contributed by atoms with van der Waals surface area (Å²) >= 11 is 0. The van der Waals surface area contributed by atoms with Crippen LogP contribution in [-0.2, 0) is 0 Å². The van der Waals surface area contributed by atoms with Crippen LogP contribution in [0.3, 0.4) is 0 Å². The fourth-order valence-corrected chi connectivity index (χ4v) is 1.48. The zero-order chi connectivity index (χ0) is 12.0. The third-order valence-corrected chi connectivity index (χ3v) is 2.51. The number of aryl methyl sites for hydroxylation is 1. The summed E-state index contributed by atoms with van der Waals surface area (Å²) in [5.74, 6) is 0.257. The molecule has 0 aliphatic rings. The van der Waals surface area contributed by atoms with Gasteiger partial charge in [0, 0.05) is 18.7 Å². The molecule has 16 heavy (non-hydrogen) atoms. The van der Waals surface area contributed by atoms with E-state index in [1.54, 1.807) is 6.07 Å². The molecule has 0 spiro atoms. The highest BCUT2D eigenvalue weighted by Crippen LogP contribution is 2.04. The second-order valence-corrected chi connectivity index (χ2v) is 4.20. The van der Waals surface area contributed by atoms with Crippen molar-refractivity contribution in [2.45, 2.75) is 20.3 Å². The van der Waals surface area contributed by atoms with Crippen molar-refractivity contribution in [2.75, 3.05) is 13.2 Å². The molecule has 0 aliphatic heterocycles. The van der Waals surface area contributed by atoms with E-state index in [4.69, 9.17) is 5.11 Å². The quantitative estimate of drug-likeness (QED) is 0.795. The molecule has 3 nitrogen and oxygen atoms in total. The molecule has 0 aromatic heterocycles. The molecular weight excluding hydrogens is 202 g/mol. The SMILES string of the molecule is Cc1cccc(C(=O)NCC(C)CCO)c1. The highest BCUT2D eigenvalue weighted by Gasteiger charge is 2.07. The lowest BCUT2D eigenvalue weighted by Crippen LogP contribution is -2.28. The Balaban J connectivity index is 2.47. The largest absolute Gasteiger partial charge is 0.396 e. The molecule has 0 saturated heterocycles. The minimum atomic E-state index is -0.0477. The molecule has 0 fully saturated rings. The minimum absolute atomic E-state index is 0.0477. The molecule has 1 rings (SSSR count). The predicted octanol–water partition coefficient (Wildman–Crippen LogP) is 1.74. The van der Waals surface area contributed by atoms with Crippen molar-refractivity contribution in [2.24, 2.45) is 5.92 Å². The average Bonchev–Trinajstić information content (AvgIpc) is 2.26. The van der Waals surface area contributed by atoms with E-state index in [2.05, 4.69) is 5.32 Å². The summed E-state index contributed by atoms with van der Waals surface area (Å²) in [4.78, 5) is 11.7. The second-order valence-electron chi connectivity index (χ2n) is 4.20. The number of hydrogen-bond donors (Lipinski definition) is 2. The summed E-state index contributed by atoms with van der Waals surface area (Å²) in [5, 5.41) is 11.6.